The molecule has 1 aliphatic heterocycles. The average molecular weight is 326 g/mol. The molecule has 1 aromatic carbocycles. The van der Waals surface area contributed by atoms with Gasteiger partial charge >= 0.3 is 0 Å². The number of nitrogens with one attached hydrogen (secondary N) is 2. The summed E-state index contributed by atoms with van der Waals surface area (Å²) in [5, 5.41) is 7.33. The summed E-state index contributed by atoms with van der Waals surface area (Å²) in [4.78, 5) is 19.8. The largest absolute Gasteiger partial charge is 0.351 e. The number of fused-ring (bicyclic) bond motifs is 1. The summed E-state index contributed by atoms with van der Waals surface area (Å²) in [6.07, 6.45) is 0. The van der Waals surface area contributed by atoms with Crippen molar-refractivity contribution in [3.8, 4) is 0 Å². The van der Waals surface area contributed by atoms with Crippen LogP contribution in [0.2, 0.25) is 0 Å². The van der Waals surface area contributed by atoms with Gasteiger partial charge in [-0.15, -0.1) is 0 Å². The van der Waals surface area contributed by atoms with Gasteiger partial charge in [0, 0.05) is 50.3 Å². The van der Waals surface area contributed by atoms with Gasteiger partial charge in [0.1, 0.15) is 0 Å². The standard InChI is InChI=1S/C19H26N4O/c1-14(2)18-13-16(15-5-3-4-6-17(15)22-18)19(24)21-9-12-23-10-7-20-8-11-23/h3-6,13-14,20H,7-12H2,1-2H3,(H,21,24). The van der Waals surface area contributed by atoms with Crippen molar-refractivity contribution in [1.29, 1.82) is 0 Å². The fourth-order valence-corrected chi connectivity index (χ4v) is 3.04. The molecular weight excluding hydrogens is 300 g/mol. The van der Waals surface area contributed by atoms with E-state index in [0.29, 0.717) is 12.5 Å². The highest BCUT2D eigenvalue weighted by atomic mass is 16.1. The molecule has 24 heavy (non-hydrogen) atoms. The van der Waals surface area contributed by atoms with Crippen molar-refractivity contribution in [2.45, 2.75) is 19.8 Å². The smallest absolute Gasteiger partial charge is 0.252 e. The van der Waals surface area contributed by atoms with Crippen LogP contribution in [0.5, 0.6) is 0 Å². The van der Waals surface area contributed by atoms with Crippen LogP contribution in [-0.2, 0) is 0 Å². The third kappa shape index (κ3) is 3.91. The first-order chi connectivity index (χ1) is 11.6. The van der Waals surface area contributed by atoms with Gasteiger partial charge in [0.15, 0.2) is 0 Å². The van der Waals surface area contributed by atoms with Gasteiger partial charge in [-0.05, 0) is 18.1 Å². The van der Waals surface area contributed by atoms with E-state index in [2.05, 4.69) is 34.4 Å². The van der Waals surface area contributed by atoms with E-state index in [1.165, 1.54) is 0 Å². The molecule has 2 heterocycles. The number of rotatable bonds is 5. The Kier molecular flexibility index (Phi) is 5.43. The fraction of sp³-hybridized carbons (Fsp3) is 0.474. The fourth-order valence-electron chi connectivity index (χ4n) is 3.04. The minimum atomic E-state index is -0.00867. The molecule has 1 saturated heterocycles. The molecule has 0 saturated carbocycles. The molecule has 0 atom stereocenters. The summed E-state index contributed by atoms with van der Waals surface area (Å²) in [5.41, 5.74) is 2.57. The third-order valence-electron chi connectivity index (χ3n) is 4.50. The number of carbonyl (C=O) groups excluding carboxylic acids is 1. The molecule has 1 amide bonds. The van der Waals surface area contributed by atoms with Crippen LogP contribution in [0.25, 0.3) is 10.9 Å². The number of piperazine rings is 1. The summed E-state index contributed by atoms with van der Waals surface area (Å²) < 4.78 is 0. The molecule has 1 aliphatic rings. The van der Waals surface area contributed by atoms with E-state index in [9.17, 15) is 4.79 Å². The number of nitrogens with zero attached hydrogens (tertiary/aromatic N) is 2. The van der Waals surface area contributed by atoms with Crippen molar-refractivity contribution in [1.82, 2.24) is 20.5 Å². The summed E-state index contributed by atoms with van der Waals surface area (Å²) in [6.45, 7) is 9.92. The topological polar surface area (TPSA) is 57.3 Å². The summed E-state index contributed by atoms with van der Waals surface area (Å²) >= 11 is 0. The van der Waals surface area contributed by atoms with Crippen LogP contribution in [0.3, 0.4) is 0 Å². The second-order valence-corrected chi connectivity index (χ2v) is 6.61. The number of benzene rings is 1. The Balaban J connectivity index is 1.73. The Hall–Kier alpha value is -1.98. The van der Waals surface area contributed by atoms with Crippen LogP contribution in [0.15, 0.2) is 30.3 Å². The molecule has 5 nitrogen and oxygen atoms in total. The Bertz CT molecular complexity index is 708. The van der Waals surface area contributed by atoms with Crippen molar-refractivity contribution in [3.63, 3.8) is 0 Å². The molecule has 0 radical (unpaired) electrons. The number of aromatic nitrogens is 1. The van der Waals surface area contributed by atoms with Gasteiger partial charge in [-0.1, -0.05) is 32.0 Å². The summed E-state index contributed by atoms with van der Waals surface area (Å²) in [6, 6.07) is 9.80. The monoisotopic (exact) mass is 326 g/mol. The van der Waals surface area contributed by atoms with Crippen molar-refractivity contribution in [2.24, 2.45) is 0 Å². The molecule has 1 aromatic heterocycles. The Morgan fingerprint density at radius 2 is 2.04 bits per heavy atom. The lowest BCUT2D eigenvalue weighted by molar-refractivity contribution is 0.0948. The minimum Gasteiger partial charge on any atom is -0.351 e. The van der Waals surface area contributed by atoms with E-state index >= 15 is 0 Å². The maximum Gasteiger partial charge on any atom is 0.252 e. The van der Waals surface area contributed by atoms with Crippen LogP contribution in [-0.4, -0.2) is 55.1 Å². The molecule has 2 aromatic rings. The van der Waals surface area contributed by atoms with Crippen LogP contribution in [0, 0.1) is 0 Å². The van der Waals surface area contributed by atoms with E-state index in [-0.39, 0.29) is 5.91 Å². The first kappa shape index (κ1) is 16.9. The van der Waals surface area contributed by atoms with Crippen LogP contribution in [0.1, 0.15) is 35.8 Å². The average Bonchev–Trinajstić information content (AvgIpc) is 2.61. The van der Waals surface area contributed by atoms with Gasteiger partial charge < -0.3 is 10.6 Å². The van der Waals surface area contributed by atoms with Crippen LogP contribution < -0.4 is 10.6 Å². The highest BCUT2D eigenvalue weighted by Crippen LogP contribution is 2.22. The van der Waals surface area contributed by atoms with Gasteiger partial charge in [-0.3, -0.25) is 14.7 Å². The zero-order valence-corrected chi connectivity index (χ0v) is 14.5. The Morgan fingerprint density at radius 1 is 1.29 bits per heavy atom. The first-order valence-electron chi connectivity index (χ1n) is 8.76. The first-order valence-corrected chi connectivity index (χ1v) is 8.76. The molecule has 5 heteroatoms. The molecule has 3 rings (SSSR count). The van der Waals surface area contributed by atoms with E-state index < -0.39 is 0 Å². The van der Waals surface area contributed by atoms with E-state index in [1.807, 2.05) is 30.3 Å². The Morgan fingerprint density at radius 3 is 2.79 bits per heavy atom. The molecular formula is C19H26N4O. The second kappa shape index (κ2) is 7.73. The lowest BCUT2D eigenvalue weighted by Crippen LogP contribution is -2.46. The highest BCUT2D eigenvalue weighted by molar-refractivity contribution is 6.06. The number of carbonyl (C=O) groups is 1. The molecule has 1 fully saturated rings. The number of hydrogen-bond acceptors (Lipinski definition) is 4. The summed E-state index contributed by atoms with van der Waals surface area (Å²) in [5.74, 6) is 0.285. The predicted octanol–water partition coefficient (Wildman–Crippen LogP) is 1.99. The predicted molar refractivity (Wildman–Crippen MR) is 97.5 cm³/mol. The van der Waals surface area contributed by atoms with Gasteiger partial charge in [-0.25, -0.2) is 0 Å². The van der Waals surface area contributed by atoms with Gasteiger partial charge in [-0.2, -0.15) is 0 Å². The third-order valence-corrected chi connectivity index (χ3v) is 4.50. The van der Waals surface area contributed by atoms with Crippen molar-refractivity contribution in [2.75, 3.05) is 39.3 Å². The molecule has 0 unspecified atom stereocenters. The zero-order valence-electron chi connectivity index (χ0n) is 14.5. The number of hydrogen-bond donors (Lipinski definition) is 2. The molecule has 128 valence electrons. The maximum atomic E-state index is 12.7. The van der Waals surface area contributed by atoms with E-state index in [4.69, 9.17) is 0 Å². The highest BCUT2D eigenvalue weighted by Gasteiger charge is 2.15. The zero-order chi connectivity index (χ0) is 16.9. The van der Waals surface area contributed by atoms with E-state index in [1.54, 1.807) is 0 Å². The van der Waals surface area contributed by atoms with Crippen LogP contribution >= 0.6 is 0 Å². The molecule has 0 spiro atoms. The van der Waals surface area contributed by atoms with Gasteiger partial charge in [0.2, 0.25) is 0 Å². The summed E-state index contributed by atoms with van der Waals surface area (Å²) in [7, 11) is 0. The van der Waals surface area contributed by atoms with E-state index in [0.717, 1.165) is 54.9 Å². The molecule has 0 bridgehead atoms. The Labute approximate surface area is 143 Å². The minimum absolute atomic E-state index is 0.00867. The van der Waals surface area contributed by atoms with Gasteiger partial charge in [0.25, 0.3) is 5.91 Å². The quantitative estimate of drug-likeness (QED) is 0.882. The lowest BCUT2D eigenvalue weighted by atomic mass is 10.0. The SMILES string of the molecule is CC(C)c1cc(C(=O)NCCN2CCNCC2)c2ccccc2n1. The normalized spacial score (nSPS) is 15.8. The number of para-hydroxylation sites is 1. The second-order valence-electron chi connectivity index (χ2n) is 6.61. The lowest BCUT2D eigenvalue weighted by Gasteiger charge is -2.27. The maximum absolute atomic E-state index is 12.7. The van der Waals surface area contributed by atoms with Crippen molar-refractivity contribution in [3.05, 3.63) is 41.6 Å². The van der Waals surface area contributed by atoms with Crippen molar-refractivity contribution < 1.29 is 4.79 Å². The van der Waals surface area contributed by atoms with Crippen molar-refractivity contribution >= 4 is 16.8 Å². The molecule has 0 aliphatic carbocycles. The number of pyridine rings is 1. The number of amides is 1. The molecule has 2 N–H and O–H groups in total. The van der Waals surface area contributed by atoms with Crippen LogP contribution in [0.4, 0.5) is 0 Å². The van der Waals surface area contributed by atoms with Gasteiger partial charge in [0.05, 0.1) is 11.1 Å².